The van der Waals surface area contributed by atoms with Crippen LogP contribution in [0.2, 0.25) is 0 Å². The summed E-state index contributed by atoms with van der Waals surface area (Å²) in [6.07, 6.45) is 0. The molecule has 4 nitrogen and oxygen atoms in total. The summed E-state index contributed by atoms with van der Waals surface area (Å²) in [4.78, 5) is 12.7. The molecule has 4 aromatic carbocycles. The first-order valence-corrected chi connectivity index (χ1v) is 10.6. The first-order valence-electron chi connectivity index (χ1n) is 9.48. The highest BCUT2D eigenvalue weighted by Crippen LogP contribution is 2.25. The van der Waals surface area contributed by atoms with E-state index in [0.29, 0.717) is 17.9 Å². The Morgan fingerprint density at radius 3 is 2.43 bits per heavy atom. The van der Waals surface area contributed by atoms with E-state index >= 15 is 0 Å². The second kappa shape index (κ2) is 9.17. The van der Waals surface area contributed by atoms with E-state index in [-0.39, 0.29) is 5.91 Å². The van der Waals surface area contributed by atoms with Crippen LogP contribution in [-0.4, -0.2) is 13.0 Å². The van der Waals surface area contributed by atoms with Gasteiger partial charge in [-0.1, -0.05) is 30.3 Å². The minimum Gasteiger partial charge on any atom is -0.496 e. The van der Waals surface area contributed by atoms with E-state index in [1.54, 1.807) is 19.2 Å². The monoisotopic (exact) mass is 509 g/mol. The van der Waals surface area contributed by atoms with Crippen molar-refractivity contribution in [1.29, 1.82) is 0 Å². The molecule has 0 saturated carbocycles. The predicted octanol–water partition coefficient (Wildman–Crippen LogP) is 6.28. The molecule has 1 amide bonds. The van der Waals surface area contributed by atoms with Crippen molar-refractivity contribution in [3.05, 3.63) is 99.6 Å². The van der Waals surface area contributed by atoms with Crippen LogP contribution in [-0.2, 0) is 6.61 Å². The molecule has 0 unspecified atom stereocenters. The molecular formula is C25H20INO3. The second-order valence-electron chi connectivity index (χ2n) is 6.79. The van der Waals surface area contributed by atoms with Crippen molar-refractivity contribution in [2.24, 2.45) is 0 Å². The molecule has 0 aliphatic rings. The Balaban J connectivity index is 1.51. The molecule has 1 N–H and O–H groups in total. The van der Waals surface area contributed by atoms with Gasteiger partial charge in [-0.3, -0.25) is 4.79 Å². The average molecular weight is 509 g/mol. The van der Waals surface area contributed by atoms with Gasteiger partial charge in [-0.25, -0.2) is 0 Å². The highest BCUT2D eigenvalue weighted by atomic mass is 127. The highest BCUT2D eigenvalue weighted by molar-refractivity contribution is 14.1. The molecule has 0 bridgehead atoms. The number of carbonyl (C=O) groups is 1. The van der Waals surface area contributed by atoms with E-state index in [1.165, 1.54) is 0 Å². The summed E-state index contributed by atoms with van der Waals surface area (Å²) in [7, 11) is 1.61. The van der Waals surface area contributed by atoms with E-state index in [9.17, 15) is 4.79 Å². The Kier molecular flexibility index (Phi) is 6.18. The fraction of sp³-hybridized carbons (Fsp3) is 0.0800. The second-order valence-corrected chi connectivity index (χ2v) is 8.03. The lowest BCUT2D eigenvalue weighted by atomic mass is 10.1. The lowest BCUT2D eigenvalue weighted by Gasteiger charge is -2.13. The van der Waals surface area contributed by atoms with Crippen LogP contribution in [0.3, 0.4) is 0 Å². The van der Waals surface area contributed by atoms with Gasteiger partial charge >= 0.3 is 0 Å². The average Bonchev–Trinajstić information content (AvgIpc) is 2.78. The Hall–Kier alpha value is -3.06. The van der Waals surface area contributed by atoms with Crippen molar-refractivity contribution >= 4 is 45.0 Å². The summed E-state index contributed by atoms with van der Waals surface area (Å²) in [6.45, 7) is 0.298. The van der Waals surface area contributed by atoms with Gasteiger partial charge in [-0.2, -0.15) is 0 Å². The number of halogens is 1. The molecule has 150 valence electrons. The van der Waals surface area contributed by atoms with Crippen LogP contribution in [0, 0.1) is 3.57 Å². The number of carbonyl (C=O) groups excluding carboxylic acids is 1. The van der Waals surface area contributed by atoms with Crippen molar-refractivity contribution in [2.45, 2.75) is 6.61 Å². The molecule has 30 heavy (non-hydrogen) atoms. The molecule has 0 saturated heterocycles. The standard InChI is InChI=1S/C25H20INO3/c1-29-24-13-7-19(25(28)27-22-10-8-21(26)9-11-22)14-20(24)16-30-23-12-6-17-4-2-3-5-18(17)15-23/h2-15H,16H2,1H3,(H,27,28). The van der Waals surface area contributed by atoms with Gasteiger partial charge < -0.3 is 14.8 Å². The number of nitrogens with one attached hydrogen (secondary N) is 1. The zero-order valence-corrected chi connectivity index (χ0v) is 18.6. The molecule has 0 aliphatic heterocycles. The van der Waals surface area contributed by atoms with Gasteiger partial charge in [0, 0.05) is 20.4 Å². The smallest absolute Gasteiger partial charge is 0.255 e. The third kappa shape index (κ3) is 4.74. The lowest BCUT2D eigenvalue weighted by molar-refractivity contribution is 0.102. The van der Waals surface area contributed by atoms with Gasteiger partial charge in [0.25, 0.3) is 5.91 Å². The van der Waals surface area contributed by atoms with Crippen LogP contribution in [0.15, 0.2) is 84.9 Å². The van der Waals surface area contributed by atoms with Crippen LogP contribution < -0.4 is 14.8 Å². The third-order valence-electron chi connectivity index (χ3n) is 4.76. The predicted molar refractivity (Wildman–Crippen MR) is 128 cm³/mol. The molecule has 0 atom stereocenters. The maximum absolute atomic E-state index is 12.7. The quantitative estimate of drug-likeness (QED) is 0.311. The number of fused-ring (bicyclic) bond motifs is 1. The van der Waals surface area contributed by atoms with E-state index in [4.69, 9.17) is 9.47 Å². The summed E-state index contributed by atoms with van der Waals surface area (Å²) in [5, 5.41) is 5.20. The first kappa shape index (κ1) is 20.2. The van der Waals surface area contributed by atoms with Gasteiger partial charge in [0.1, 0.15) is 18.1 Å². The number of methoxy groups -OCH3 is 1. The van der Waals surface area contributed by atoms with Crippen molar-refractivity contribution in [3.63, 3.8) is 0 Å². The third-order valence-corrected chi connectivity index (χ3v) is 5.48. The largest absolute Gasteiger partial charge is 0.496 e. The van der Waals surface area contributed by atoms with Crippen molar-refractivity contribution in [2.75, 3.05) is 12.4 Å². The topological polar surface area (TPSA) is 47.6 Å². The number of hydrogen-bond acceptors (Lipinski definition) is 3. The van der Waals surface area contributed by atoms with Gasteiger partial charge in [-0.05, 0) is 88.0 Å². The summed E-state index contributed by atoms with van der Waals surface area (Å²) in [5.41, 5.74) is 2.11. The highest BCUT2D eigenvalue weighted by Gasteiger charge is 2.12. The maximum atomic E-state index is 12.7. The van der Waals surface area contributed by atoms with Crippen molar-refractivity contribution < 1.29 is 14.3 Å². The molecule has 0 spiro atoms. The summed E-state index contributed by atoms with van der Waals surface area (Å²) < 4.78 is 12.6. The minimum absolute atomic E-state index is 0.175. The van der Waals surface area contributed by atoms with Crippen LogP contribution >= 0.6 is 22.6 Å². The Labute approximate surface area is 189 Å². The molecule has 4 rings (SSSR count). The minimum atomic E-state index is -0.175. The van der Waals surface area contributed by atoms with E-state index in [2.05, 4.69) is 40.0 Å². The summed E-state index contributed by atoms with van der Waals surface area (Å²) >= 11 is 2.23. The van der Waals surface area contributed by atoms with Crippen LogP contribution in [0.1, 0.15) is 15.9 Å². The van der Waals surface area contributed by atoms with Crippen LogP contribution in [0.4, 0.5) is 5.69 Å². The zero-order valence-electron chi connectivity index (χ0n) is 16.4. The number of anilines is 1. The normalized spacial score (nSPS) is 10.6. The van der Waals surface area contributed by atoms with E-state index < -0.39 is 0 Å². The number of hydrogen-bond donors (Lipinski definition) is 1. The molecule has 0 radical (unpaired) electrons. The molecule has 5 heteroatoms. The number of benzene rings is 4. The van der Waals surface area contributed by atoms with Crippen LogP contribution in [0.25, 0.3) is 10.8 Å². The van der Waals surface area contributed by atoms with Crippen molar-refractivity contribution in [1.82, 2.24) is 0 Å². The number of ether oxygens (including phenoxy) is 2. The maximum Gasteiger partial charge on any atom is 0.255 e. The Morgan fingerprint density at radius 1 is 0.900 bits per heavy atom. The fourth-order valence-electron chi connectivity index (χ4n) is 3.19. The lowest BCUT2D eigenvalue weighted by Crippen LogP contribution is -2.12. The van der Waals surface area contributed by atoms with Crippen LogP contribution in [0.5, 0.6) is 11.5 Å². The van der Waals surface area contributed by atoms with Gasteiger partial charge in [0.15, 0.2) is 0 Å². The number of rotatable bonds is 6. The summed E-state index contributed by atoms with van der Waals surface area (Å²) in [5.74, 6) is 1.27. The molecule has 0 aromatic heterocycles. The molecule has 0 heterocycles. The van der Waals surface area contributed by atoms with Gasteiger partial charge in [-0.15, -0.1) is 0 Å². The molecule has 0 aliphatic carbocycles. The fourth-order valence-corrected chi connectivity index (χ4v) is 3.55. The van der Waals surface area contributed by atoms with E-state index in [0.717, 1.165) is 31.3 Å². The number of amides is 1. The van der Waals surface area contributed by atoms with E-state index in [1.807, 2.05) is 60.7 Å². The first-order chi connectivity index (χ1) is 14.6. The van der Waals surface area contributed by atoms with Gasteiger partial charge in [0.2, 0.25) is 0 Å². The zero-order chi connectivity index (χ0) is 20.9. The molecule has 4 aromatic rings. The van der Waals surface area contributed by atoms with Gasteiger partial charge in [0.05, 0.1) is 7.11 Å². The SMILES string of the molecule is COc1ccc(C(=O)Nc2ccc(I)cc2)cc1COc1ccc2ccccc2c1. The summed E-state index contributed by atoms with van der Waals surface area (Å²) in [6, 6.07) is 27.1. The van der Waals surface area contributed by atoms with Crippen molar-refractivity contribution in [3.8, 4) is 11.5 Å². The Bertz CT molecular complexity index is 1190. The Morgan fingerprint density at radius 2 is 1.67 bits per heavy atom. The molecule has 0 fully saturated rings. The molecular weight excluding hydrogens is 489 g/mol.